The Labute approximate surface area is 129 Å². The molecule has 3 rings (SSSR count). The van der Waals surface area contributed by atoms with Gasteiger partial charge in [0.2, 0.25) is 5.78 Å². The Hall–Kier alpha value is -2.05. The van der Waals surface area contributed by atoms with E-state index in [0.29, 0.717) is 10.4 Å². The number of ether oxygens (including phenoxy) is 1. The van der Waals surface area contributed by atoms with Crippen LogP contribution in [0.2, 0.25) is 0 Å². The normalized spacial score (nSPS) is 10.7. The van der Waals surface area contributed by atoms with Crippen molar-refractivity contribution in [1.82, 2.24) is 4.98 Å². The number of esters is 1. The van der Waals surface area contributed by atoms with E-state index in [1.54, 1.807) is 29.8 Å². The Kier molecular flexibility index (Phi) is 3.81. The predicted octanol–water partition coefficient (Wildman–Crippen LogP) is 3.71. The molecular formula is C15H11NO3S2. The Bertz CT molecular complexity index is 819. The molecule has 2 aromatic heterocycles. The van der Waals surface area contributed by atoms with Gasteiger partial charge in [0.15, 0.2) is 6.61 Å². The Balaban J connectivity index is 1.67. The maximum Gasteiger partial charge on any atom is 0.338 e. The van der Waals surface area contributed by atoms with Gasteiger partial charge in [-0.15, -0.1) is 22.7 Å². The highest BCUT2D eigenvalue weighted by Crippen LogP contribution is 2.20. The summed E-state index contributed by atoms with van der Waals surface area (Å²) in [5.41, 5.74) is 3.01. The number of hydrogen-bond donors (Lipinski definition) is 0. The van der Waals surface area contributed by atoms with Crippen molar-refractivity contribution in [3.05, 3.63) is 51.2 Å². The number of rotatable bonds is 4. The van der Waals surface area contributed by atoms with Gasteiger partial charge in [-0.2, -0.15) is 0 Å². The fourth-order valence-corrected chi connectivity index (χ4v) is 3.36. The molecule has 0 atom stereocenters. The van der Waals surface area contributed by atoms with E-state index in [1.165, 1.54) is 22.7 Å². The van der Waals surface area contributed by atoms with Gasteiger partial charge in [-0.3, -0.25) is 4.79 Å². The molecule has 0 unspecified atom stereocenters. The van der Waals surface area contributed by atoms with Gasteiger partial charge in [-0.05, 0) is 37.3 Å². The molecule has 4 nitrogen and oxygen atoms in total. The zero-order chi connectivity index (χ0) is 14.8. The molecule has 6 heteroatoms. The molecule has 0 amide bonds. The predicted molar refractivity (Wildman–Crippen MR) is 83.3 cm³/mol. The molecule has 0 spiro atoms. The molecule has 1 aromatic carbocycles. The first kappa shape index (κ1) is 13.9. The van der Waals surface area contributed by atoms with Crippen LogP contribution in [0, 0.1) is 6.92 Å². The van der Waals surface area contributed by atoms with Crippen LogP contribution in [0.4, 0.5) is 0 Å². The summed E-state index contributed by atoms with van der Waals surface area (Å²) >= 11 is 2.86. The summed E-state index contributed by atoms with van der Waals surface area (Å²) in [6.07, 6.45) is 0. The quantitative estimate of drug-likeness (QED) is 0.544. The first-order valence-electron chi connectivity index (χ1n) is 6.23. The van der Waals surface area contributed by atoms with Crippen molar-refractivity contribution in [1.29, 1.82) is 0 Å². The molecular weight excluding hydrogens is 306 g/mol. The van der Waals surface area contributed by atoms with Crippen LogP contribution in [0.5, 0.6) is 0 Å². The lowest BCUT2D eigenvalue weighted by atomic mass is 10.2. The van der Waals surface area contributed by atoms with Crippen LogP contribution < -0.4 is 0 Å². The third kappa shape index (κ3) is 3.01. The summed E-state index contributed by atoms with van der Waals surface area (Å²) in [5, 5.41) is 0. The monoisotopic (exact) mass is 317 g/mol. The second-order valence-corrected chi connectivity index (χ2v) is 6.62. The molecule has 0 aliphatic heterocycles. The van der Waals surface area contributed by atoms with Crippen LogP contribution in [-0.4, -0.2) is 23.3 Å². The minimum absolute atomic E-state index is 0.180. The van der Waals surface area contributed by atoms with Gasteiger partial charge in [-0.25, -0.2) is 9.78 Å². The van der Waals surface area contributed by atoms with E-state index in [9.17, 15) is 9.59 Å². The van der Waals surface area contributed by atoms with E-state index in [-0.39, 0.29) is 12.4 Å². The van der Waals surface area contributed by atoms with Crippen LogP contribution in [-0.2, 0) is 4.74 Å². The average Bonchev–Trinajstić information content (AvgIpc) is 3.12. The molecule has 21 heavy (non-hydrogen) atoms. The largest absolute Gasteiger partial charge is 0.454 e. The number of thiophene rings is 1. The lowest BCUT2D eigenvalue weighted by Gasteiger charge is -2.03. The summed E-state index contributed by atoms with van der Waals surface area (Å²) in [7, 11) is 0. The molecule has 0 saturated heterocycles. The van der Waals surface area contributed by atoms with E-state index in [0.717, 1.165) is 15.1 Å². The van der Waals surface area contributed by atoms with Gasteiger partial charge in [0, 0.05) is 4.88 Å². The van der Waals surface area contributed by atoms with Crippen LogP contribution in [0.1, 0.15) is 24.9 Å². The number of Topliss-reactive ketones (excluding diaryl/α,β-unsaturated/α-hetero) is 1. The molecule has 106 valence electrons. The number of thiazole rings is 1. The fourth-order valence-electron chi connectivity index (χ4n) is 1.85. The number of carbonyl (C=O) groups excluding carboxylic acids is 2. The zero-order valence-corrected chi connectivity index (χ0v) is 12.8. The molecule has 0 fully saturated rings. The second kappa shape index (κ2) is 5.75. The highest BCUT2D eigenvalue weighted by atomic mass is 32.1. The minimum atomic E-state index is -0.494. The second-order valence-electron chi connectivity index (χ2n) is 4.44. The molecule has 2 heterocycles. The summed E-state index contributed by atoms with van der Waals surface area (Å²) < 4.78 is 6.00. The first-order chi connectivity index (χ1) is 10.1. The SMILES string of the molecule is Cc1ccc(C(=O)COC(=O)c2ccc3ncsc3c2)s1. The minimum Gasteiger partial charge on any atom is -0.454 e. The van der Waals surface area contributed by atoms with Crippen LogP contribution in [0.15, 0.2) is 35.8 Å². The highest BCUT2D eigenvalue weighted by molar-refractivity contribution is 7.16. The molecule has 0 aliphatic rings. The van der Waals surface area contributed by atoms with E-state index >= 15 is 0 Å². The maximum atomic E-state index is 12.0. The highest BCUT2D eigenvalue weighted by Gasteiger charge is 2.13. The number of fused-ring (bicyclic) bond motifs is 1. The zero-order valence-electron chi connectivity index (χ0n) is 11.2. The standard InChI is InChI=1S/C15H11NO3S2/c1-9-2-5-13(21-9)12(17)7-19-15(18)10-3-4-11-14(6-10)20-8-16-11/h2-6,8H,7H2,1H3. The fraction of sp³-hybridized carbons (Fsp3) is 0.133. The molecule has 0 saturated carbocycles. The van der Waals surface area contributed by atoms with E-state index < -0.39 is 5.97 Å². The van der Waals surface area contributed by atoms with E-state index in [2.05, 4.69) is 4.98 Å². The van der Waals surface area contributed by atoms with Gasteiger partial charge in [-0.1, -0.05) is 0 Å². The number of aromatic nitrogens is 1. The van der Waals surface area contributed by atoms with Crippen molar-refractivity contribution in [3.8, 4) is 0 Å². The van der Waals surface area contributed by atoms with Crippen molar-refractivity contribution in [3.63, 3.8) is 0 Å². The van der Waals surface area contributed by atoms with Crippen molar-refractivity contribution in [2.24, 2.45) is 0 Å². The number of hydrogen-bond acceptors (Lipinski definition) is 6. The van der Waals surface area contributed by atoms with Crippen molar-refractivity contribution in [2.75, 3.05) is 6.61 Å². The van der Waals surface area contributed by atoms with Crippen LogP contribution in [0.25, 0.3) is 10.2 Å². The Morgan fingerprint density at radius 1 is 1.24 bits per heavy atom. The Morgan fingerprint density at radius 2 is 2.10 bits per heavy atom. The maximum absolute atomic E-state index is 12.0. The summed E-state index contributed by atoms with van der Waals surface area (Å²) in [5.74, 6) is -0.674. The number of carbonyl (C=O) groups is 2. The number of ketones is 1. The van der Waals surface area contributed by atoms with Crippen LogP contribution in [0.3, 0.4) is 0 Å². The smallest absolute Gasteiger partial charge is 0.338 e. The summed E-state index contributed by atoms with van der Waals surface area (Å²) in [6, 6.07) is 8.78. The van der Waals surface area contributed by atoms with Crippen molar-refractivity contribution >= 4 is 44.6 Å². The van der Waals surface area contributed by atoms with Crippen molar-refractivity contribution in [2.45, 2.75) is 6.92 Å². The first-order valence-corrected chi connectivity index (χ1v) is 7.93. The Morgan fingerprint density at radius 3 is 2.86 bits per heavy atom. The van der Waals surface area contributed by atoms with Gasteiger partial charge < -0.3 is 4.74 Å². The molecule has 0 bridgehead atoms. The number of benzene rings is 1. The van der Waals surface area contributed by atoms with Crippen molar-refractivity contribution < 1.29 is 14.3 Å². The van der Waals surface area contributed by atoms with Crippen LogP contribution >= 0.6 is 22.7 Å². The lowest BCUT2D eigenvalue weighted by Crippen LogP contribution is -2.13. The average molecular weight is 317 g/mol. The lowest BCUT2D eigenvalue weighted by molar-refractivity contribution is 0.0476. The topological polar surface area (TPSA) is 56.3 Å². The molecule has 0 aliphatic carbocycles. The molecule has 3 aromatic rings. The van der Waals surface area contributed by atoms with Gasteiger partial charge in [0.25, 0.3) is 0 Å². The van der Waals surface area contributed by atoms with E-state index in [1.807, 2.05) is 13.0 Å². The third-order valence-corrected chi connectivity index (χ3v) is 4.75. The summed E-state index contributed by atoms with van der Waals surface area (Å²) in [6.45, 7) is 1.69. The molecule has 0 radical (unpaired) electrons. The van der Waals surface area contributed by atoms with E-state index in [4.69, 9.17) is 4.74 Å². The van der Waals surface area contributed by atoms with Gasteiger partial charge >= 0.3 is 5.97 Å². The molecule has 0 N–H and O–H groups in total. The number of nitrogens with zero attached hydrogens (tertiary/aromatic N) is 1. The number of aryl methyl sites for hydroxylation is 1. The summed E-state index contributed by atoms with van der Waals surface area (Å²) in [4.78, 5) is 29.7. The van der Waals surface area contributed by atoms with Gasteiger partial charge in [0.05, 0.1) is 26.2 Å². The van der Waals surface area contributed by atoms with Gasteiger partial charge in [0.1, 0.15) is 0 Å². The third-order valence-electron chi connectivity index (χ3n) is 2.92.